The van der Waals surface area contributed by atoms with Gasteiger partial charge in [-0.2, -0.15) is 4.72 Å². The van der Waals surface area contributed by atoms with Crippen LogP contribution in [0.5, 0.6) is 0 Å². The van der Waals surface area contributed by atoms with Crippen molar-refractivity contribution in [2.24, 2.45) is 0 Å². The summed E-state index contributed by atoms with van der Waals surface area (Å²) in [5.41, 5.74) is 2.12. The number of amides is 2. The molecule has 1 fully saturated rings. The fourth-order valence-corrected chi connectivity index (χ4v) is 5.22. The van der Waals surface area contributed by atoms with Crippen molar-refractivity contribution in [3.63, 3.8) is 0 Å². The summed E-state index contributed by atoms with van der Waals surface area (Å²) in [5, 5.41) is 12.9. The van der Waals surface area contributed by atoms with E-state index >= 15 is 0 Å². The number of hydrogen-bond donors (Lipinski definition) is 3. The van der Waals surface area contributed by atoms with Crippen LogP contribution < -0.4 is 14.9 Å². The molecule has 43 heavy (non-hydrogen) atoms. The number of likely N-dealkylation sites (N-methyl/N-ethyl adjacent to an activating group) is 1. The lowest BCUT2D eigenvalue weighted by Crippen LogP contribution is -2.48. The van der Waals surface area contributed by atoms with Gasteiger partial charge < -0.3 is 24.8 Å². The first kappa shape index (κ1) is 33.6. The normalized spacial score (nSPS) is 14.8. The molecule has 10 heteroatoms. The zero-order valence-electron chi connectivity index (χ0n) is 24.9. The molecule has 2 aromatic carbocycles. The topological polar surface area (TPSA) is 108 Å². The van der Waals surface area contributed by atoms with Crippen LogP contribution in [-0.4, -0.2) is 71.4 Å². The van der Waals surface area contributed by atoms with Gasteiger partial charge in [0.05, 0.1) is 17.9 Å². The largest absolute Gasteiger partial charge is 0.593 e. The van der Waals surface area contributed by atoms with Crippen molar-refractivity contribution in [3.8, 4) is 0 Å². The number of hydrogen-bond acceptors (Lipinski definition) is 6. The van der Waals surface area contributed by atoms with E-state index in [2.05, 4.69) is 28.4 Å². The molecule has 1 aliphatic rings. The van der Waals surface area contributed by atoms with Gasteiger partial charge in [0.25, 0.3) is 11.8 Å². The number of rotatable bonds is 14. The van der Waals surface area contributed by atoms with E-state index in [1.807, 2.05) is 43.4 Å². The van der Waals surface area contributed by atoms with E-state index in [1.54, 1.807) is 23.1 Å². The summed E-state index contributed by atoms with van der Waals surface area (Å²) in [6.45, 7) is 10.8. The number of piperazine rings is 1. The molecule has 1 heterocycles. The van der Waals surface area contributed by atoms with E-state index in [4.69, 9.17) is 0 Å². The lowest BCUT2D eigenvalue weighted by molar-refractivity contribution is 0.0746. The van der Waals surface area contributed by atoms with Crippen molar-refractivity contribution in [1.29, 1.82) is 0 Å². The molecule has 2 amide bonds. The predicted molar refractivity (Wildman–Crippen MR) is 173 cm³/mol. The Kier molecular flexibility index (Phi) is 13.5. The highest BCUT2D eigenvalue weighted by atomic mass is 32.2. The maximum atomic E-state index is 14.9. The van der Waals surface area contributed by atoms with Gasteiger partial charge in [0.15, 0.2) is 0 Å². The van der Waals surface area contributed by atoms with Gasteiger partial charge in [0, 0.05) is 55.0 Å². The summed E-state index contributed by atoms with van der Waals surface area (Å²) in [4.78, 5) is 29.4. The highest BCUT2D eigenvalue weighted by Gasteiger charge is 2.24. The van der Waals surface area contributed by atoms with Crippen LogP contribution in [0.15, 0.2) is 85.2 Å². The summed E-state index contributed by atoms with van der Waals surface area (Å²) in [6.07, 6.45) is 10.8. The number of carbonyl (C=O) groups excluding carboxylic acids is 2. The van der Waals surface area contributed by atoms with Gasteiger partial charge in [0.1, 0.15) is 17.3 Å². The quantitative estimate of drug-likeness (QED) is 0.155. The van der Waals surface area contributed by atoms with Gasteiger partial charge >= 0.3 is 0 Å². The minimum absolute atomic E-state index is 0.0495. The fraction of sp³-hybridized carbons (Fsp3) is 0.333. The third kappa shape index (κ3) is 10.4. The molecule has 0 aromatic heterocycles. The highest BCUT2D eigenvalue weighted by Crippen LogP contribution is 2.22. The lowest BCUT2D eigenvalue weighted by atomic mass is 10.0. The smallest absolute Gasteiger partial charge is 0.292 e. The number of aliphatic hydroxyl groups excluding tert-OH is 1. The van der Waals surface area contributed by atoms with Crippen molar-refractivity contribution in [1.82, 2.24) is 14.9 Å². The second-order valence-electron chi connectivity index (χ2n) is 10.00. The summed E-state index contributed by atoms with van der Waals surface area (Å²) in [7, 11) is 0. The number of benzene rings is 2. The number of carbonyl (C=O) groups is 2. The highest BCUT2D eigenvalue weighted by molar-refractivity contribution is 7.90. The van der Waals surface area contributed by atoms with Crippen LogP contribution in [0, 0.1) is 5.82 Å². The second-order valence-corrected chi connectivity index (χ2v) is 11.3. The average molecular weight is 609 g/mol. The van der Waals surface area contributed by atoms with Crippen molar-refractivity contribution in [3.05, 3.63) is 108 Å². The third-order valence-electron chi connectivity index (χ3n) is 6.82. The summed E-state index contributed by atoms with van der Waals surface area (Å²) >= 11 is -1.47. The van der Waals surface area contributed by atoms with E-state index < -0.39 is 23.1 Å². The number of anilines is 1. The van der Waals surface area contributed by atoms with Gasteiger partial charge in [-0.15, -0.1) is 0 Å². The number of aliphatic hydroxyl groups is 1. The standard InChI is InChI=1S/C33H41FN4O4S/c1-4-6-7-8-9-10-21-43(42)36-32(40)26-11-14-28(15-12-26)37-17-19-38(20-18-37)33(41)27-13-16-30(31(34)23-27)25(3)22-29(39)24-35-5-2/h6-9,11-16,22-23,35,39H,3-5,10,17-21,24H2,1-2H3,(H,36,40)/b7-6-,9-8-,29-22+. The molecule has 1 saturated heterocycles. The average Bonchev–Trinajstić information content (AvgIpc) is 3.01. The third-order valence-corrected chi connectivity index (χ3v) is 7.84. The van der Waals surface area contributed by atoms with Crippen molar-refractivity contribution in [2.45, 2.75) is 26.7 Å². The molecule has 1 atom stereocenters. The van der Waals surface area contributed by atoms with Crippen LogP contribution in [0.2, 0.25) is 0 Å². The Morgan fingerprint density at radius 3 is 2.37 bits per heavy atom. The van der Waals surface area contributed by atoms with E-state index in [0.717, 1.165) is 12.1 Å². The van der Waals surface area contributed by atoms with E-state index in [1.165, 1.54) is 18.2 Å². The Labute approximate surface area is 257 Å². The molecule has 0 radical (unpaired) electrons. The Balaban J connectivity index is 1.50. The molecule has 0 spiro atoms. The van der Waals surface area contributed by atoms with Crippen molar-refractivity contribution < 1.29 is 23.6 Å². The van der Waals surface area contributed by atoms with E-state index in [-0.39, 0.29) is 29.3 Å². The first-order valence-electron chi connectivity index (χ1n) is 14.5. The maximum Gasteiger partial charge on any atom is 0.292 e. The molecule has 0 aliphatic carbocycles. The number of halogens is 1. The summed E-state index contributed by atoms with van der Waals surface area (Å²) < 4.78 is 29.6. The Morgan fingerprint density at radius 2 is 1.72 bits per heavy atom. The first-order chi connectivity index (χ1) is 20.7. The molecular weight excluding hydrogens is 567 g/mol. The lowest BCUT2D eigenvalue weighted by Gasteiger charge is -2.36. The molecule has 1 aliphatic heterocycles. The molecule has 3 N–H and O–H groups in total. The number of allylic oxidation sites excluding steroid dienone is 6. The first-order valence-corrected chi connectivity index (χ1v) is 15.8. The Hall–Kier alpha value is -3.86. The molecule has 230 valence electrons. The maximum absolute atomic E-state index is 14.9. The Morgan fingerprint density at radius 1 is 1.05 bits per heavy atom. The van der Waals surface area contributed by atoms with Gasteiger partial charge in [-0.25, -0.2) is 4.39 Å². The fourth-order valence-electron chi connectivity index (χ4n) is 4.44. The van der Waals surface area contributed by atoms with Gasteiger partial charge in [-0.05, 0) is 61.0 Å². The van der Waals surface area contributed by atoms with Crippen LogP contribution in [0.4, 0.5) is 10.1 Å². The predicted octanol–water partition coefficient (Wildman–Crippen LogP) is 5.16. The van der Waals surface area contributed by atoms with Crippen molar-refractivity contribution in [2.75, 3.05) is 49.9 Å². The summed E-state index contributed by atoms with van der Waals surface area (Å²) in [6, 6.07) is 11.4. The van der Waals surface area contributed by atoms with E-state index in [9.17, 15) is 23.6 Å². The SMILES string of the molecule is C=C(/C=C(/O)CNCC)c1ccc(C(=O)N2CCN(c3ccc(C(=O)N[S+]([O-])CC/C=C\C=C/CC)cc3)CC2)cc1F. The monoisotopic (exact) mass is 608 g/mol. The molecule has 0 saturated carbocycles. The van der Waals surface area contributed by atoms with Crippen LogP contribution in [0.1, 0.15) is 53.0 Å². The van der Waals surface area contributed by atoms with E-state index in [0.29, 0.717) is 56.0 Å². The zero-order valence-corrected chi connectivity index (χ0v) is 25.7. The summed E-state index contributed by atoms with van der Waals surface area (Å²) in [5.74, 6) is -0.832. The minimum atomic E-state index is -1.47. The minimum Gasteiger partial charge on any atom is -0.593 e. The second kappa shape index (κ2) is 17.3. The molecule has 1 unspecified atom stereocenters. The Bertz CT molecular complexity index is 1330. The molecular formula is C33H41FN4O4S. The van der Waals surface area contributed by atoms with Crippen LogP contribution >= 0.6 is 0 Å². The van der Waals surface area contributed by atoms with Crippen LogP contribution in [0.3, 0.4) is 0 Å². The van der Waals surface area contributed by atoms with Crippen LogP contribution in [-0.2, 0) is 11.4 Å². The molecule has 3 rings (SSSR count). The number of nitrogens with zero attached hydrogens (tertiary/aromatic N) is 2. The number of nitrogens with one attached hydrogen (secondary N) is 2. The van der Waals surface area contributed by atoms with Gasteiger partial charge in [0.2, 0.25) is 0 Å². The van der Waals surface area contributed by atoms with Gasteiger partial charge in [-0.3, -0.25) is 9.59 Å². The van der Waals surface area contributed by atoms with Crippen molar-refractivity contribution >= 4 is 34.4 Å². The molecule has 8 nitrogen and oxygen atoms in total. The molecule has 0 bridgehead atoms. The van der Waals surface area contributed by atoms with Gasteiger partial charge in [-0.1, -0.05) is 50.8 Å². The van der Waals surface area contributed by atoms with Crippen LogP contribution in [0.25, 0.3) is 5.57 Å². The zero-order chi connectivity index (χ0) is 31.2. The molecule has 2 aromatic rings.